The van der Waals surface area contributed by atoms with Crippen molar-refractivity contribution in [1.29, 1.82) is 0 Å². The number of halogens is 1. The summed E-state index contributed by atoms with van der Waals surface area (Å²) in [7, 11) is 0. The summed E-state index contributed by atoms with van der Waals surface area (Å²) in [5, 5.41) is 14.0. The largest absolute Gasteiger partial charge is 0.724 e. The van der Waals surface area contributed by atoms with E-state index in [1.165, 1.54) is 0 Å². The van der Waals surface area contributed by atoms with E-state index in [1.807, 2.05) is 0 Å². The molecule has 0 fully saturated rings. The monoisotopic (exact) mass is 93.0 g/mol. The first-order chi connectivity index (χ1) is 2.27. The van der Waals surface area contributed by atoms with Crippen LogP contribution in [0, 0.1) is 0 Å². The standard InChI is InChI=1S/C2H3ClNO/c3-1-2(4)5/h1H2,(H-,4,5)/q-1/p+1. The molecule has 0 aliphatic carbocycles. The number of rotatable bonds is 1. The summed E-state index contributed by atoms with van der Waals surface area (Å²) in [6, 6.07) is 0. The summed E-state index contributed by atoms with van der Waals surface area (Å²) < 4.78 is 0. The van der Waals surface area contributed by atoms with Gasteiger partial charge in [-0.25, -0.2) is 0 Å². The van der Waals surface area contributed by atoms with Crippen molar-refractivity contribution in [3.8, 4) is 0 Å². The van der Waals surface area contributed by atoms with Crippen LogP contribution in [-0.2, 0) is 0 Å². The van der Waals surface area contributed by atoms with E-state index in [2.05, 4.69) is 0 Å². The lowest BCUT2D eigenvalue weighted by Crippen LogP contribution is -1.89. The predicted molar refractivity (Wildman–Crippen MR) is 22.7 cm³/mol. The smallest absolute Gasteiger partial charge is 0.127 e. The minimum absolute atomic E-state index is 0.0833. The maximum atomic E-state index is 7.81. The highest BCUT2D eigenvalue weighted by Crippen LogP contribution is 1.69. The first-order valence-corrected chi connectivity index (χ1v) is 1.63. The van der Waals surface area contributed by atoms with Crippen LogP contribution in [0.3, 0.4) is 0 Å². The highest BCUT2D eigenvalue weighted by atomic mass is 35.5. The quantitative estimate of drug-likeness (QED) is 0.188. The van der Waals surface area contributed by atoms with Crippen LogP contribution in [0.2, 0.25) is 0 Å². The van der Waals surface area contributed by atoms with E-state index in [0.29, 0.717) is 0 Å². The van der Waals surface area contributed by atoms with Gasteiger partial charge in [-0.1, -0.05) is 0 Å². The molecule has 0 aromatic carbocycles. The van der Waals surface area contributed by atoms with Gasteiger partial charge in [0.1, 0.15) is 11.8 Å². The molecule has 2 N–H and O–H groups in total. The van der Waals surface area contributed by atoms with Crippen molar-refractivity contribution in [2.24, 2.45) is 0 Å². The summed E-state index contributed by atoms with van der Waals surface area (Å²) >= 11 is 4.86. The molecule has 0 rings (SSSR count). The molecule has 3 heteroatoms. The molecule has 0 amide bonds. The molecule has 0 bridgehead atoms. The molecule has 0 unspecified atom stereocenters. The molecule has 0 spiro atoms. The lowest BCUT2D eigenvalue weighted by atomic mass is 10.8. The lowest BCUT2D eigenvalue weighted by Gasteiger charge is -1.85. The van der Waals surface area contributed by atoms with Crippen molar-refractivity contribution >= 4 is 17.5 Å². The van der Waals surface area contributed by atoms with Crippen molar-refractivity contribution in [3.05, 3.63) is 5.41 Å². The normalized spacial score (nSPS) is 7.40. The van der Waals surface area contributed by atoms with Gasteiger partial charge >= 0.3 is 0 Å². The van der Waals surface area contributed by atoms with Crippen LogP contribution in [0.15, 0.2) is 0 Å². The van der Waals surface area contributed by atoms with Crippen molar-refractivity contribution < 1.29 is 5.11 Å². The number of alkyl halides is 1. The van der Waals surface area contributed by atoms with Crippen LogP contribution < -0.4 is 0 Å². The van der Waals surface area contributed by atoms with E-state index in [1.54, 1.807) is 0 Å². The Hall–Kier alpha value is -0.240. The number of hydrogen-bond acceptors (Lipinski definition) is 0. The molecule has 0 aromatic rings. The van der Waals surface area contributed by atoms with Crippen LogP contribution in [0.25, 0.3) is 5.41 Å². The first kappa shape index (κ1) is 4.76. The Morgan fingerprint density at radius 1 is 2.00 bits per heavy atom. The summed E-state index contributed by atoms with van der Waals surface area (Å²) in [5.41, 5.74) is 0. The molecule has 0 saturated carbocycles. The van der Waals surface area contributed by atoms with E-state index in [9.17, 15) is 0 Å². The third-order valence-electron chi connectivity index (χ3n) is 0.127. The predicted octanol–water partition coefficient (Wildman–Crippen LogP) is -0.0823. The third kappa shape index (κ3) is 3.76. The zero-order valence-corrected chi connectivity index (χ0v) is 3.29. The second kappa shape index (κ2) is 2.03. The molecule has 30 valence electrons. The van der Waals surface area contributed by atoms with E-state index < -0.39 is 5.90 Å². The zero-order chi connectivity index (χ0) is 4.28. The van der Waals surface area contributed by atoms with Crippen LogP contribution in [0.5, 0.6) is 0 Å². The maximum absolute atomic E-state index is 7.81. The number of nitrogens with zero attached hydrogens (tertiary/aromatic N) is 1. The van der Waals surface area contributed by atoms with Crippen molar-refractivity contribution in [3.63, 3.8) is 0 Å². The molecule has 5 heavy (non-hydrogen) atoms. The van der Waals surface area contributed by atoms with Crippen molar-refractivity contribution in [1.82, 2.24) is 0 Å². The fourth-order valence-corrected chi connectivity index (χ4v) is 0. The Balaban J connectivity index is 2.85. The molecule has 0 aliphatic heterocycles. The van der Waals surface area contributed by atoms with E-state index >= 15 is 0 Å². The van der Waals surface area contributed by atoms with Gasteiger partial charge in [-0.15, -0.1) is 11.6 Å². The summed E-state index contributed by atoms with van der Waals surface area (Å²) in [6.45, 7) is 0. The molecule has 0 radical (unpaired) electrons. The minimum atomic E-state index is -0.480. The van der Waals surface area contributed by atoms with Gasteiger partial charge in [-0.05, 0) is 0 Å². The fraction of sp³-hybridized carbons (Fsp3) is 0.500. The second-order valence-electron chi connectivity index (χ2n) is 0.580. The maximum Gasteiger partial charge on any atom is 0.127 e. The molecule has 0 atom stereocenters. The molecule has 0 saturated heterocycles. The van der Waals surface area contributed by atoms with Gasteiger partial charge in [0, 0.05) is 0 Å². The topological polar surface area (TPSA) is 45.2 Å². The zero-order valence-electron chi connectivity index (χ0n) is 2.53. The second-order valence-corrected chi connectivity index (χ2v) is 0.848. The van der Waals surface area contributed by atoms with Crippen LogP contribution in [0.4, 0.5) is 0 Å². The Morgan fingerprint density at radius 2 is 2.20 bits per heavy atom. The van der Waals surface area contributed by atoms with Gasteiger partial charge in [-0.3, -0.25) is 0 Å². The van der Waals surface area contributed by atoms with Crippen LogP contribution in [-0.4, -0.2) is 16.9 Å². The fourth-order valence-electron chi connectivity index (χ4n) is 0. The first-order valence-electron chi connectivity index (χ1n) is 1.09. The van der Waals surface area contributed by atoms with Gasteiger partial charge in [0.25, 0.3) is 0 Å². The van der Waals surface area contributed by atoms with Crippen molar-refractivity contribution in [2.45, 2.75) is 0 Å². The Bertz CT molecular complexity index is 44.9. The van der Waals surface area contributed by atoms with Gasteiger partial charge < -0.3 is 10.5 Å². The van der Waals surface area contributed by atoms with E-state index in [0.717, 1.165) is 0 Å². The Labute approximate surface area is 34.9 Å². The third-order valence-corrected chi connectivity index (χ3v) is 0.380. The van der Waals surface area contributed by atoms with Gasteiger partial charge in [0.2, 0.25) is 0 Å². The average molecular weight is 93.5 g/mol. The van der Waals surface area contributed by atoms with E-state index in [-0.39, 0.29) is 5.88 Å². The Morgan fingerprint density at radius 3 is 2.20 bits per heavy atom. The summed E-state index contributed by atoms with van der Waals surface area (Å²) in [5.74, 6) is -0.563. The molecule has 0 aliphatic rings. The molecular weight excluding hydrogens is 89.5 g/mol. The Kier molecular flexibility index (Phi) is 1.93. The van der Waals surface area contributed by atoms with Gasteiger partial charge in [-0.2, -0.15) is 0 Å². The number of hydrogen-bond donors (Lipinski definition) is 0. The minimum Gasteiger partial charge on any atom is -0.724 e. The highest BCUT2D eigenvalue weighted by molar-refractivity contribution is 6.27. The van der Waals surface area contributed by atoms with Gasteiger partial charge in [0.15, 0.2) is 0 Å². The molecule has 2 nitrogen and oxygen atoms in total. The average Bonchev–Trinajstić information content (AvgIpc) is 1.38. The molecule has 0 aromatic heterocycles. The van der Waals surface area contributed by atoms with Crippen LogP contribution in [0.1, 0.15) is 0 Å². The van der Waals surface area contributed by atoms with Crippen molar-refractivity contribution in [2.75, 3.05) is 5.88 Å². The summed E-state index contributed by atoms with van der Waals surface area (Å²) in [4.78, 5) is 0. The van der Waals surface area contributed by atoms with Crippen LogP contribution >= 0.6 is 11.6 Å². The van der Waals surface area contributed by atoms with Gasteiger partial charge in [0.05, 0.1) is 0 Å². The molecular formula is C2H4ClNO. The lowest BCUT2D eigenvalue weighted by molar-refractivity contribution is 0.559. The highest BCUT2D eigenvalue weighted by Gasteiger charge is 1.71. The SMILES string of the molecule is [N-]=C([OH2+])CCl. The van der Waals surface area contributed by atoms with E-state index in [4.69, 9.17) is 22.1 Å². The molecule has 0 heterocycles. The summed E-state index contributed by atoms with van der Waals surface area (Å²) in [6.07, 6.45) is 0.